The molecule has 0 atom stereocenters. The molecule has 4 rings (SSSR count). The van der Waals surface area contributed by atoms with Crippen LogP contribution >= 0.6 is 0 Å². The lowest BCUT2D eigenvalue weighted by atomic mass is 10.0. The van der Waals surface area contributed by atoms with E-state index >= 15 is 0 Å². The van der Waals surface area contributed by atoms with Gasteiger partial charge in [-0.15, -0.1) is 0 Å². The molecule has 1 aliphatic heterocycles. The smallest absolute Gasteiger partial charge is 0.272 e. The lowest BCUT2D eigenvalue weighted by Gasteiger charge is -2.27. The first-order valence-corrected chi connectivity index (χ1v) is 9.57. The molecule has 0 radical (unpaired) electrons. The van der Waals surface area contributed by atoms with Crippen molar-refractivity contribution in [1.82, 2.24) is 24.9 Å². The van der Waals surface area contributed by atoms with E-state index in [0.717, 1.165) is 23.4 Å². The molecule has 3 aromatic rings. The molecule has 1 aromatic carbocycles. The van der Waals surface area contributed by atoms with Gasteiger partial charge in [-0.2, -0.15) is 10.2 Å². The van der Waals surface area contributed by atoms with Gasteiger partial charge < -0.3 is 4.90 Å². The number of aromatic amines is 1. The minimum atomic E-state index is -0.315. The van der Waals surface area contributed by atoms with Crippen LogP contribution in [0.15, 0.2) is 30.3 Å². The van der Waals surface area contributed by atoms with Crippen molar-refractivity contribution >= 4 is 5.91 Å². The molecule has 3 heterocycles. The van der Waals surface area contributed by atoms with E-state index in [0.29, 0.717) is 42.4 Å². The number of amides is 1. The Morgan fingerprint density at radius 1 is 1.32 bits per heavy atom. The molecule has 0 fully saturated rings. The Kier molecular flexibility index (Phi) is 4.75. The summed E-state index contributed by atoms with van der Waals surface area (Å²) in [6.45, 7) is 5.26. The second kappa shape index (κ2) is 7.22. The van der Waals surface area contributed by atoms with Crippen LogP contribution in [0.2, 0.25) is 0 Å². The number of halogens is 1. The Bertz CT molecular complexity index is 1020. The van der Waals surface area contributed by atoms with Crippen molar-refractivity contribution in [1.29, 1.82) is 0 Å². The Balaban J connectivity index is 1.61. The van der Waals surface area contributed by atoms with Gasteiger partial charge in [0.25, 0.3) is 5.91 Å². The molecule has 1 N–H and O–H groups in total. The predicted octanol–water partition coefficient (Wildman–Crippen LogP) is 3.35. The van der Waals surface area contributed by atoms with Crippen LogP contribution in [0.3, 0.4) is 0 Å². The van der Waals surface area contributed by atoms with E-state index in [-0.39, 0.29) is 11.7 Å². The third-order valence-electron chi connectivity index (χ3n) is 5.12. The largest absolute Gasteiger partial charge is 0.332 e. The highest BCUT2D eigenvalue weighted by molar-refractivity contribution is 5.93. The summed E-state index contributed by atoms with van der Waals surface area (Å²) in [5.41, 5.74) is 4.39. The van der Waals surface area contributed by atoms with Crippen molar-refractivity contribution in [3.63, 3.8) is 0 Å². The average molecular weight is 381 g/mol. The van der Waals surface area contributed by atoms with Crippen LogP contribution in [-0.4, -0.2) is 37.3 Å². The maximum Gasteiger partial charge on any atom is 0.272 e. The van der Waals surface area contributed by atoms with Crippen LogP contribution in [-0.2, 0) is 26.4 Å². The van der Waals surface area contributed by atoms with Gasteiger partial charge in [0.15, 0.2) is 0 Å². The number of carbonyl (C=O) groups excluding carboxylic acids is 1. The molecular weight excluding hydrogens is 357 g/mol. The number of aromatic nitrogens is 4. The van der Waals surface area contributed by atoms with Crippen LogP contribution in [0.5, 0.6) is 0 Å². The molecule has 1 aliphatic rings. The Labute approximate surface area is 163 Å². The first kappa shape index (κ1) is 18.4. The number of aryl methyl sites for hydroxylation is 1. The average Bonchev–Trinajstić information content (AvgIpc) is 3.24. The number of nitrogens with one attached hydrogen (secondary N) is 1. The third kappa shape index (κ3) is 3.32. The van der Waals surface area contributed by atoms with E-state index in [1.165, 1.54) is 6.07 Å². The second-order valence-electron chi connectivity index (χ2n) is 7.73. The number of H-pyrrole nitrogens is 1. The van der Waals surface area contributed by atoms with Gasteiger partial charge in [-0.05, 0) is 30.5 Å². The summed E-state index contributed by atoms with van der Waals surface area (Å²) in [7, 11) is 1.80. The maximum atomic E-state index is 14.3. The number of fused-ring (bicyclic) bond motifs is 1. The number of hydrogen-bond donors (Lipinski definition) is 1. The number of rotatable bonds is 4. The van der Waals surface area contributed by atoms with E-state index in [1.54, 1.807) is 34.8 Å². The number of carbonyl (C=O) groups is 1. The highest BCUT2D eigenvalue weighted by Crippen LogP contribution is 2.30. The van der Waals surface area contributed by atoms with Gasteiger partial charge in [-0.3, -0.25) is 14.6 Å². The minimum Gasteiger partial charge on any atom is -0.332 e. The van der Waals surface area contributed by atoms with E-state index in [1.807, 2.05) is 6.07 Å². The normalized spacial score (nSPS) is 13.8. The van der Waals surface area contributed by atoms with Crippen molar-refractivity contribution in [2.75, 3.05) is 6.54 Å². The van der Waals surface area contributed by atoms with Gasteiger partial charge in [-0.1, -0.05) is 26.0 Å². The van der Waals surface area contributed by atoms with Gasteiger partial charge in [0, 0.05) is 36.8 Å². The van der Waals surface area contributed by atoms with Crippen molar-refractivity contribution in [3.05, 3.63) is 58.8 Å². The monoisotopic (exact) mass is 381 g/mol. The fourth-order valence-electron chi connectivity index (χ4n) is 3.75. The van der Waals surface area contributed by atoms with Gasteiger partial charge in [0.1, 0.15) is 17.2 Å². The molecule has 0 saturated carbocycles. The summed E-state index contributed by atoms with van der Waals surface area (Å²) in [6, 6.07) is 8.47. The van der Waals surface area contributed by atoms with Crippen LogP contribution in [0, 0.1) is 11.7 Å². The zero-order chi connectivity index (χ0) is 19.8. The molecular formula is C21H24FN5O. The van der Waals surface area contributed by atoms with Crippen molar-refractivity contribution < 1.29 is 9.18 Å². The molecule has 28 heavy (non-hydrogen) atoms. The van der Waals surface area contributed by atoms with Gasteiger partial charge in [-0.25, -0.2) is 4.39 Å². The summed E-state index contributed by atoms with van der Waals surface area (Å²) >= 11 is 0. The van der Waals surface area contributed by atoms with E-state index in [9.17, 15) is 9.18 Å². The lowest BCUT2D eigenvalue weighted by Crippen LogP contribution is -2.36. The maximum absolute atomic E-state index is 14.3. The summed E-state index contributed by atoms with van der Waals surface area (Å²) in [5, 5.41) is 11.8. The summed E-state index contributed by atoms with van der Waals surface area (Å²) in [4.78, 5) is 14.9. The third-order valence-corrected chi connectivity index (χ3v) is 5.12. The molecule has 0 unspecified atom stereocenters. The standard InChI is InChI=1S/C21H24FN5O/c1-13(2)10-14-11-19(26(3)25-14)21(28)27-9-8-18-16(12-27)20(24-23-18)15-6-4-5-7-17(15)22/h4-7,11,13H,8-10,12H2,1-3H3,(H,23,24). The summed E-state index contributed by atoms with van der Waals surface area (Å²) < 4.78 is 15.9. The van der Waals surface area contributed by atoms with Gasteiger partial charge in [0.2, 0.25) is 0 Å². The molecule has 0 bridgehead atoms. The van der Waals surface area contributed by atoms with Crippen LogP contribution in [0.25, 0.3) is 11.3 Å². The van der Waals surface area contributed by atoms with Gasteiger partial charge in [0.05, 0.1) is 12.2 Å². The molecule has 7 heteroatoms. The topological polar surface area (TPSA) is 66.8 Å². The number of nitrogens with zero attached hydrogens (tertiary/aromatic N) is 4. The lowest BCUT2D eigenvalue weighted by molar-refractivity contribution is 0.0723. The Hall–Kier alpha value is -2.96. The SMILES string of the molecule is CC(C)Cc1cc(C(=O)N2CCc3[nH]nc(-c4ccccc4F)c3C2)n(C)n1. The summed E-state index contributed by atoms with van der Waals surface area (Å²) in [5.74, 6) is 0.103. The van der Waals surface area contributed by atoms with E-state index in [4.69, 9.17) is 0 Å². The number of hydrogen-bond acceptors (Lipinski definition) is 3. The Morgan fingerprint density at radius 2 is 2.11 bits per heavy atom. The van der Waals surface area contributed by atoms with Crippen LogP contribution in [0.1, 0.15) is 41.3 Å². The fraction of sp³-hybridized carbons (Fsp3) is 0.381. The van der Waals surface area contributed by atoms with Crippen LogP contribution < -0.4 is 0 Å². The molecule has 0 spiro atoms. The minimum absolute atomic E-state index is 0.0589. The number of benzene rings is 1. The van der Waals surface area contributed by atoms with E-state index in [2.05, 4.69) is 29.1 Å². The van der Waals surface area contributed by atoms with Crippen molar-refractivity contribution in [3.8, 4) is 11.3 Å². The fourth-order valence-corrected chi connectivity index (χ4v) is 3.75. The second-order valence-corrected chi connectivity index (χ2v) is 7.73. The van der Waals surface area contributed by atoms with Crippen molar-refractivity contribution in [2.45, 2.75) is 33.2 Å². The van der Waals surface area contributed by atoms with E-state index < -0.39 is 0 Å². The first-order valence-electron chi connectivity index (χ1n) is 9.57. The zero-order valence-electron chi connectivity index (χ0n) is 16.4. The molecule has 2 aromatic heterocycles. The highest BCUT2D eigenvalue weighted by Gasteiger charge is 2.28. The molecule has 6 nitrogen and oxygen atoms in total. The summed E-state index contributed by atoms with van der Waals surface area (Å²) in [6.07, 6.45) is 1.50. The predicted molar refractivity (Wildman–Crippen MR) is 104 cm³/mol. The molecule has 1 amide bonds. The quantitative estimate of drug-likeness (QED) is 0.754. The van der Waals surface area contributed by atoms with Crippen molar-refractivity contribution in [2.24, 2.45) is 13.0 Å². The Morgan fingerprint density at radius 3 is 2.86 bits per heavy atom. The van der Waals surface area contributed by atoms with Crippen LogP contribution in [0.4, 0.5) is 4.39 Å². The molecule has 0 aliphatic carbocycles. The molecule has 146 valence electrons. The first-order chi connectivity index (χ1) is 13.4. The zero-order valence-corrected chi connectivity index (χ0v) is 16.4. The molecule has 0 saturated heterocycles. The van der Waals surface area contributed by atoms with Gasteiger partial charge >= 0.3 is 0 Å². The highest BCUT2D eigenvalue weighted by atomic mass is 19.1.